The number of guanidine groups is 1. The van der Waals surface area contributed by atoms with Crippen molar-refractivity contribution in [3.05, 3.63) is 35.0 Å². The van der Waals surface area contributed by atoms with Gasteiger partial charge in [-0.1, -0.05) is 6.07 Å². The SMILES string of the molecule is NC(=NN=Cc1cccnc1)N[N+](=O)O. The molecule has 4 N–H and O–H groups in total. The first-order chi connectivity index (χ1) is 7.18. The van der Waals surface area contributed by atoms with Crippen LogP contribution >= 0.6 is 0 Å². The number of hydrazine groups is 1. The van der Waals surface area contributed by atoms with Crippen molar-refractivity contribution in [3.8, 4) is 0 Å². The molecule has 0 radical (unpaired) electrons. The molecule has 1 aromatic heterocycles. The Morgan fingerprint density at radius 2 is 2.53 bits per heavy atom. The second-order valence-electron chi connectivity index (χ2n) is 2.40. The summed E-state index contributed by atoms with van der Waals surface area (Å²) in [5.74, 6) is -0.326. The molecule has 0 atom stereocenters. The van der Waals surface area contributed by atoms with Gasteiger partial charge in [-0.2, -0.15) is 5.10 Å². The minimum absolute atomic E-state index is 0.326. The summed E-state index contributed by atoms with van der Waals surface area (Å²) in [6.07, 6.45) is 4.60. The van der Waals surface area contributed by atoms with Gasteiger partial charge in [0, 0.05) is 18.0 Å². The summed E-state index contributed by atoms with van der Waals surface area (Å²) in [5, 5.41) is 14.5. The van der Waals surface area contributed by atoms with E-state index >= 15 is 0 Å². The monoisotopic (exact) mass is 209 g/mol. The maximum absolute atomic E-state index is 10.0. The van der Waals surface area contributed by atoms with Gasteiger partial charge in [0.15, 0.2) is 0 Å². The zero-order chi connectivity index (χ0) is 11.1. The lowest BCUT2D eigenvalue weighted by molar-refractivity contribution is -0.822. The Balaban J connectivity index is 2.56. The Hall–Kier alpha value is -2.51. The average Bonchev–Trinajstić information content (AvgIpc) is 2.18. The van der Waals surface area contributed by atoms with E-state index in [9.17, 15) is 4.91 Å². The van der Waals surface area contributed by atoms with Crippen molar-refractivity contribution in [3.63, 3.8) is 0 Å². The van der Waals surface area contributed by atoms with Crippen molar-refractivity contribution in [2.45, 2.75) is 0 Å². The molecule has 0 fully saturated rings. The standard InChI is InChI=1S/C7H9N6O2/c8-7(12-13(14)15)11-10-5-6-2-1-3-9-4-6/h1-5H,(H,14,15)(H3,8,11,12)/q+1. The molecular weight excluding hydrogens is 200 g/mol. The van der Waals surface area contributed by atoms with Gasteiger partial charge in [-0.25, -0.2) is 5.21 Å². The molecule has 0 spiro atoms. The van der Waals surface area contributed by atoms with Crippen LogP contribution in [0.4, 0.5) is 0 Å². The number of rotatable bonds is 3. The fourth-order valence-corrected chi connectivity index (χ4v) is 0.730. The Morgan fingerprint density at radius 3 is 3.13 bits per heavy atom. The van der Waals surface area contributed by atoms with Gasteiger partial charge in [0.2, 0.25) is 0 Å². The fraction of sp³-hybridized carbons (Fsp3) is 0. The number of nitrogens with two attached hydrogens (primary N) is 1. The largest absolute Gasteiger partial charge is 0.364 e. The third-order valence-electron chi connectivity index (χ3n) is 1.27. The number of hydrogen-bond acceptors (Lipinski definition) is 4. The van der Waals surface area contributed by atoms with Crippen molar-refractivity contribution < 1.29 is 10.2 Å². The van der Waals surface area contributed by atoms with Gasteiger partial charge in [-0.15, -0.1) is 5.10 Å². The van der Waals surface area contributed by atoms with Crippen molar-refractivity contribution in [2.24, 2.45) is 15.9 Å². The van der Waals surface area contributed by atoms with Crippen molar-refractivity contribution in [1.82, 2.24) is 10.4 Å². The number of nitrogens with one attached hydrogen (secondary N) is 1. The Labute approximate surface area is 84.7 Å². The lowest BCUT2D eigenvalue weighted by Gasteiger charge is -1.88. The van der Waals surface area contributed by atoms with Gasteiger partial charge in [0.1, 0.15) is 4.91 Å². The van der Waals surface area contributed by atoms with E-state index < -0.39 is 5.03 Å². The van der Waals surface area contributed by atoms with Crippen LogP contribution in [0.1, 0.15) is 5.56 Å². The Kier molecular flexibility index (Phi) is 3.71. The lowest BCUT2D eigenvalue weighted by atomic mass is 10.3. The van der Waals surface area contributed by atoms with E-state index in [1.54, 1.807) is 30.0 Å². The molecule has 0 bridgehead atoms. The van der Waals surface area contributed by atoms with Gasteiger partial charge in [-0.3, -0.25) is 4.98 Å². The van der Waals surface area contributed by atoms with E-state index in [1.807, 2.05) is 0 Å². The molecular formula is C7H9N6O2+. The first-order valence-corrected chi connectivity index (χ1v) is 3.88. The molecule has 78 valence electrons. The maximum Gasteiger partial charge on any atom is 0.362 e. The molecule has 15 heavy (non-hydrogen) atoms. The minimum atomic E-state index is -0.571. The minimum Gasteiger partial charge on any atom is -0.364 e. The molecule has 0 saturated heterocycles. The topological polar surface area (TPSA) is 116 Å². The molecule has 8 nitrogen and oxygen atoms in total. The fourth-order valence-electron chi connectivity index (χ4n) is 0.730. The average molecular weight is 209 g/mol. The summed E-state index contributed by atoms with van der Waals surface area (Å²) in [7, 11) is 0. The zero-order valence-electron chi connectivity index (χ0n) is 7.61. The quantitative estimate of drug-likeness (QED) is 0.349. The number of pyridine rings is 1. The molecule has 0 aliphatic heterocycles. The molecule has 1 aromatic rings. The molecule has 1 heterocycles. The first-order valence-electron chi connectivity index (χ1n) is 3.88. The maximum atomic E-state index is 10.0. The highest BCUT2D eigenvalue weighted by Gasteiger charge is 2.03. The molecule has 0 saturated carbocycles. The Bertz CT molecular complexity index is 388. The van der Waals surface area contributed by atoms with Crippen LogP contribution in [0.25, 0.3) is 0 Å². The summed E-state index contributed by atoms with van der Waals surface area (Å²) in [6.45, 7) is 0. The van der Waals surface area contributed by atoms with Crippen LogP contribution in [0, 0.1) is 4.91 Å². The van der Waals surface area contributed by atoms with Crippen molar-refractivity contribution in [2.75, 3.05) is 0 Å². The van der Waals surface area contributed by atoms with Crippen LogP contribution in [-0.4, -0.2) is 27.4 Å². The van der Waals surface area contributed by atoms with E-state index in [4.69, 9.17) is 10.9 Å². The molecule has 0 amide bonds. The van der Waals surface area contributed by atoms with Crippen LogP contribution in [-0.2, 0) is 0 Å². The number of nitrogens with zero attached hydrogens (tertiary/aromatic N) is 4. The van der Waals surface area contributed by atoms with E-state index in [-0.39, 0.29) is 5.96 Å². The van der Waals surface area contributed by atoms with Gasteiger partial charge in [0.05, 0.1) is 6.21 Å². The summed E-state index contributed by atoms with van der Waals surface area (Å²) >= 11 is 0. The summed E-state index contributed by atoms with van der Waals surface area (Å²) in [4.78, 5) is 13.9. The van der Waals surface area contributed by atoms with Gasteiger partial charge in [-0.05, 0) is 11.5 Å². The highest BCUT2D eigenvalue weighted by molar-refractivity contribution is 5.81. The molecule has 0 aliphatic carbocycles. The van der Waals surface area contributed by atoms with E-state index in [0.717, 1.165) is 5.56 Å². The van der Waals surface area contributed by atoms with E-state index in [2.05, 4.69) is 15.2 Å². The molecule has 1 rings (SSSR count). The number of hydrogen-bond donors (Lipinski definition) is 3. The van der Waals surface area contributed by atoms with Crippen LogP contribution in [0.15, 0.2) is 34.7 Å². The van der Waals surface area contributed by atoms with Crippen LogP contribution in [0.5, 0.6) is 0 Å². The van der Waals surface area contributed by atoms with Gasteiger partial charge < -0.3 is 5.73 Å². The molecule has 0 unspecified atom stereocenters. The van der Waals surface area contributed by atoms with Crippen LogP contribution < -0.4 is 11.2 Å². The normalized spacial score (nSPS) is 11.6. The van der Waals surface area contributed by atoms with Crippen molar-refractivity contribution >= 4 is 12.2 Å². The molecule has 0 aliphatic rings. The second-order valence-corrected chi connectivity index (χ2v) is 2.40. The first kappa shape index (κ1) is 10.6. The van der Waals surface area contributed by atoms with Gasteiger partial charge >= 0.3 is 5.03 Å². The van der Waals surface area contributed by atoms with E-state index in [1.165, 1.54) is 6.21 Å². The summed E-state index contributed by atoms with van der Waals surface area (Å²) in [5.41, 5.74) is 7.64. The van der Waals surface area contributed by atoms with Crippen LogP contribution in [0.2, 0.25) is 0 Å². The second kappa shape index (κ2) is 5.27. The number of aromatic nitrogens is 1. The molecule has 8 heteroatoms. The predicted octanol–water partition coefficient (Wildman–Crippen LogP) is -0.597. The third kappa shape index (κ3) is 4.31. The summed E-state index contributed by atoms with van der Waals surface area (Å²) < 4.78 is 0. The van der Waals surface area contributed by atoms with Crippen LogP contribution in [0.3, 0.4) is 0 Å². The van der Waals surface area contributed by atoms with Gasteiger partial charge in [0.25, 0.3) is 5.96 Å². The highest BCUT2D eigenvalue weighted by Crippen LogP contribution is 1.90. The lowest BCUT2D eigenvalue weighted by Crippen LogP contribution is -2.36. The predicted molar refractivity (Wildman–Crippen MR) is 52.0 cm³/mol. The molecule has 0 aromatic carbocycles. The Morgan fingerprint density at radius 1 is 1.73 bits per heavy atom. The van der Waals surface area contributed by atoms with E-state index in [0.29, 0.717) is 0 Å². The highest BCUT2D eigenvalue weighted by atomic mass is 16.7. The smallest absolute Gasteiger partial charge is 0.362 e. The zero-order valence-corrected chi connectivity index (χ0v) is 7.61. The van der Waals surface area contributed by atoms with Crippen molar-refractivity contribution in [1.29, 1.82) is 0 Å². The summed E-state index contributed by atoms with van der Waals surface area (Å²) in [6, 6.07) is 3.50. The third-order valence-corrected chi connectivity index (χ3v) is 1.27.